The quantitative estimate of drug-likeness (QED) is 0.411. The van der Waals surface area contributed by atoms with Crippen molar-refractivity contribution in [2.24, 2.45) is 46.3 Å². The van der Waals surface area contributed by atoms with E-state index in [4.69, 9.17) is 4.74 Å². The van der Waals surface area contributed by atoms with Crippen molar-refractivity contribution in [1.29, 1.82) is 0 Å². The Morgan fingerprint density at radius 2 is 1.81 bits per heavy atom. The van der Waals surface area contributed by atoms with E-state index in [-0.39, 0.29) is 17.5 Å². The number of carbonyl (C=O) groups is 2. The molecule has 3 heteroatoms. The number of hydrogen-bond donors (Lipinski definition) is 0. The smallest absolute Gasteiger partial charge is 0.303 e. The third-order valence-corrected chi connectivity index (χ3v) is 10.4. The van der Waals surface area contributed by atoms with Gasteiger partial charge in [-0.3, -0.25) is 9.59 Å². The first-order valence-electron chi connectivity index (χ1n) is 13.5. The van der Waals surface area contributed by atoms with Gasteiger partial charge in [0.25, 0.3) is 0 Å². The second-order valence-electron chi connectivity index (χ2n) is 12.7. The van der Waals surface area contributed by atoms with Crippen molar-refractivity contribution in [1.82, 2.24) is 0 Å². The molecule has 4 aliphatic carbocycles. The number of fused-ring (bicyclic) bond motifs is 5. The van der Waals surface area contributed by atoms with Crippen LogP contribution < -0.4 is 0 Å². The minimum absolute atomic E-state index is 0.0288. The van der Waals surface area contributed by atoms with Gasteiger partial charge in [0.1, 0.15) is 6.10 Å². The van der Waals surface area contributed by atoms with E-state index in [0.29, 0.717) is 35.4 Å². The van der Waals surface area contributed by atoms with E-state index in [9.17, 15) is 9.59 Å². The van der Waals surface area contributed by atoms with E-state index >= 15 is 0 Å². The number of rotatable bonds is 6. The highest BCUT2D eigenvalue weighted by atomic mass is 16.5. The summed E-state index contributed by atoms with van der Waals surface area (Å²) in [5.74, 6) is 4.36. The summed E-state index contributed by atoms with van der Waals surface area (Å²) in [5.41, 5.74) is 1.36. The molecule has 0 aliphatic heterocycles. The molecule has 0 bridgehead atoms. The van der Waals surface area contributed by atoms with Crippen LogP contribution in [0.25, 0.3) is 0 Å². The number of ether oxygens (including phenoxy) is 1. The second kappa shape index (κ2) is 8.91. The fraction of sp³-hybridized carbons (Fsp3) is 0.862. The molecule has 0 aromatic rings. The average molecular weight is 443 g/mol. The average Bonchev–Trinajstić information content (AvgIpc) is 3.06. The fourth-order valence-corrected chi connectivity index (χ4v) is 8.85. The Bertz CT molecular complexity index is 766. The zero-order valence-corrected chi connectivity index (χ0v) is 21.4. The standard InChI is InChI=1S/C29H46O3/c1-18(2)8-7-9-19(3)23-10-11-24-22-17-27(31)26-16-21(32-20(4)30)12-14-29(26,6)25(22)13-15-28(23,24)5/h16,18-19,21-25H,7-15,17H2,1-6H3. The molecule has 0 amide bonds. The molecule has 180 valence electrons. The highest BCUT2D eigenvalue weighted by molar-refractivity contribution is 5.98. The van der Waals surface area contributed by atoms with Gasteiger partial charge in [-0.05, 0) is 90.9 Å². The molecule has 0 radical (unpaired) electrons. The SMILES string of the molecule is CC(=O)OC1C=C2C(=O)CC3C(CCC4(C)C(C(C)CCCC(C)C)CCC34)C2(C)CC1. The lowest BCUT2D eigenvalue weighted by molar-refractivity contribution is -0.146. The number of allylic oxidation sites excluding steroid dienone is 1. The molecular formula is C29H46O3. The first-order chi connectivity index (χ1) is 15.1. The van der Waals surface area contributed by atoms with Crippen LogP contribution in [0.5, 0.6) is 0 Å². The lowest BCUT2D eigenvalue weighted by atomic mass is 9.46. The van der Waals surface area contributed by atoms with E-state index in [1.54, 1.807) is 0 Å². The molecule has 0 aromatic heterocycles. The van der Waals surface area contributed by atoms with Gasteiger partial charge in [-0.2, -0.15) is 0 Å². The van der Waals surface area contributed by atoms with Gasteiger partial charge >= 0.3 is 5.97 Å². The first-order valence-corrected chi connectivity index (χ1v) is 13.5. The maximum absolute atomic E-state index is 13.4. The maximum atomic E-state index is 13.4. The Hall–Kier alpha value is -1.12. The molecule has 0 saturated heterocycles. The molecule has 4 aliphatic rings. The van der Waals surface area contributed by atoms with Gasteiger partial charge < -0.3 is 4.74 Å². The van der Waals surface area contributed by atoms with Gasteiger partial charge in [-0.15, -0.1) is 0 Å². The number of ketones is 1. The Morgan fingerprint density at radius 1 is 1.06 bits per heavy atom. The monoisotopic (exact) mass is 442 g/mol. The van der Waals surface area contributed by atoms with Crippen LogP contribution in [-0.2, 0) is 14.3 Å². The van der Waals surface area contributed by atoms with Gasteiger partial charge in [-0.25, -0.2) is 0 Å². The summed E-state index contributed by atoms with van der Waals surface area (Å²) in [6.45, 7) is 13.6. The summed E-state index contributed by atoms with van der Waals surface area (Å²) in [6, 6.07) is 0. The lowest BCUT2D eigenvalue weighted by Crippen LogP contribution is -2.53. The zero-order valence-electron chi connectivity index (χ0n) is 21.4. The molecule has 0 heterocycles. The largest absolute Gasteiger partial charge is 0.458 e. The van der Waals surface area contributed by atoms with Gasteiger partial charge in [0.05, 0.1) is 0 Å². The van der Waals surface area contributed by atoms with Crippen molar-refractivity contribution in [2.75, 3.05) is 0 Å². The summed E-state index contributed by atoms with van der Waals surface area (Å²) in [6.07, 6.45) is 13.7. The molecule has 3 saturated carbocycles. The molecule has 3 fully saturated rings. The van der Waals surface area contributed by atoms with Crippen molar-refractivity contribution >= 4 is 11.8 Å². The number of carbonyl (C=O) groups excluding carboxylic acids is 2. The van der Waals surface area contributed by atoms with Crippen LogP contribution in [-0.4, -0.2) is 17.9 Å². The van der Waals surface area contributed by atoms with Gasteiger partial charge in [0.2, 0.25) is 0 Å². The van der Waals surface area contributed by atoms with Crippen LogP contribution in [0.15, 0.2) is 11.6 Å². The second-order valence-corrected chi connectivity index (χ2v) is 12.7. The van der Waals surface area contributed by atoms with Crippen molar-refractivity contribution in [3.8, 4) is 0 Å². The van der Waals surface area contributed by atoms with Crippen molar-refractivity contribution in [3.63, 3.8) is 0 Å². The number of Topliss-reactive ketones (excluding diaryl/α,β-unsaturated/α-hetero) is 1. The van der Waals surface area contributed by atoms with E-state index in [2.05, 4.69) is 34.6 Å². The number of esters is 1. The highest BCUT2D eigenvalue weighted by Gasteiger charge is 2.61. The Morgan fingerprint density at radius 3 is 2.50 bits per heavy atom. The van der Waals surface area contributed by atoms with E-state index in [1.807, 2.05) is 6.08 Å². The molecular weight excluding hydrogens is 396 g/mol. The molecule has 3 nitrogen and oxygen atoms in total. The Kier molecular flexibility index (Phi) is 6.69. The van der Waals surface area contributed by atoms with Crippen LogP contribution in [0.1, 0.15) is 106 Å². The van der Waals surface area contributed by atoms with Crippen LogP contribution in [0, 0.1) is 46.3 Å². The normalized spacial score (nSPS) is 42.0. The summed E-state index contributed by atoms with van der Waals surface area (Å²) in [5, 5.41) is 0. The highest BCUT2D eigenvalue weighted by Crippen LogP contribution is 2.67. The third kappa shape index (κ3) is 4.11. The predicted octanol–water partition coefficient (Wildman–Crippen LogP) is 7.14. The van der Waals surface area contributed by atoms with Crippen molar-refractivity contribution < 1.29 is 14.3 Å². The van der Waals surface area contributed by atoms with Gasteiger partial charge in [-0.1, -0.05) is 53.9 Å². The molecule has 8 unspecified atom stereocenters. The molecule has 0 aromatic carbocycles. The predicted molar refractivity (Wildman–Crippen MR) is 129 cm³/mol. The van der Waals surface area contributed by atoms with Crippen molar-refractivity contribution in [2.45, 2.75) is 112 Å². The molecule has 0 N–H and O–H groups in total. The fourth-order valence-electron chi connectivity index (χ4n) is 8.85. The van der Waals surface area contributed by atoms with E-state index in [0.717, 1.165) is 36.2 Å². The summed E-state index contributed by atoms with van der Waals surface area (Å²) < 4.78 is 5.47. The third-order valence-electron chi connectivity index (χ3n) is 10.4. The maximum Gasteiger partial charge on any atom is 0.303 e. The Balaban J connectivity index is 1.52. The Labute approximate surface area is 196 Å². The zero-order chi connectivity index (χ0) is 23.3. The lowest BCUT2D eigenvalue weighted by Gasteiger charge is -2.58. The molecule has 32 heavy (non-hydrogen) atoms. The van der Waals surface area contributed by atoms with Crippen LogP contribution >= 0.6 is 0 Å². The van der Waals surface area contributed by atoms with Gasteiger partial charge in [0, 0.05) is 18.9 Å². The molecule has 8 atom stereocenters. The van der Waals surface area contributed by atoms with E-state index < -0.39 is 0 Å². The summed E-state index contributed by atoms with van der Waals surface area (Å²) in [7, 11) is 0. The first kappa shape index (κ1) is 24.0. The topological polar surface area (TPSA) is 43.4 Å². The minimum Gasteiger partial charge on any atom is -0.458 e. The van der Waals surface area contributed by atoms with Crippen LogP contribution in [0.3, 0.4) is 0 Å². The van der Waals surface area contributed by atoms with Crippen molar-refractivity contribution in [3.05, 3.63) is 11.6 Å². The molecule has 0 spiro atoms. The molecule has 4 rings (SSSR count). The van der Waals surface area contributed by atoms with Gasteiger partial charge in [0.15, 0.2) is 5.78 Å². The summed E-state index contributed by atoms with van der Waals surface area (Å²) >= 11 is 0. The minimum atomic E-state index is -0.246. The summed E-state index contributed by atoms with van der Waals surface area (Å²) in [4.78, 5) is 24.9. The number of hydrogen-bond acceptors (Lipinski definition) is 3. The van der Waals surface area contributed by atoms with Crippen LogP contribution in [0.2, 0.25) is 0 Å². The van der Waals surface area contributed by atoms with E-state index in [1.165, 1.54) is 51.9 Å². The van der Waals surface area contributed by atoms with Crippen LogP contribution in [0.4, 0.5) is 0 Å².